The second kappa shape index (κ2) is 11.0. The highest BCUT2D eigenvalue weighted by Crippen LogP contribution is 2.33. The third-order valence-corrected chi connectivity index (χ3v) is 6.77. The van der Waals surface area contributed by atoms with Crippen molar-refractivity contribution in [3.8, 4) is 39.8 Å². The van der Waals surface area contributed by atoms with E-state index in [0.29, 0.717) is 11.1 Å². The van der Waals surface area contributed by atoms with Crippen molar-refractivity contribution in [1.82, 2.24) is 0 Å². The summed E-state index contributed by atoms with van der Waals surface area (Å²) < 4.78 is 63.5. The molecule has 1 fully saturated rings. The van der Waals surface area contributed by atoms with E-state index in [4.69, 9.17) is 4.74 Å². The van der Waals surface area contributed by atoms with Crippen molar-refractivity contribution in [3.05, 3.63) is 77.4 Å². The van der Waals surface area contributed by atoms with Crippen LogP contribution in [0.25, 0.3) is 22.3 Å². The molecular formula is C30H28F4O. The first kappa shape index (κ1) is 24.9. The summed E-state index contributed by atoms with van der Waals surface area (Å²) in [5.41, 5.74) is 1.03. The van der Waals surface area contributed by atoms with Crippen LogP contribution in [0.4, 0.5) is 17.6 Å². The molecule has 0 unspecified atom stereocenters. The van der Waals surface area contributed by atoms with Crippen LogP contribution in [0.3, 0.4) is 0 Å². The van der Waals surface area contributed by atoms with Gasteiger partial charge in [0.15, 0.2) is 23.2 Å². The lowest BCUT2D eigenvalue weighted by Gasteiger charge is -2.24. The summed E-state index contributed by atoms with van der Waals surface area (Å²) in [6.07, 6.45) is 5.44. The largest absolute Gasteiger partial charge is 0.491 e. The molecule has 0 aliphatic heterocycles. The highest BCUT2D eigenvalue weighted by Gasteiger charge is 2.19. The average molecular weight is 481 g/mol. The normalized spacial score (nSPS) is 17.5. The molecule has 1 aliphatic carbocycles. The van der Waals surface area contributed by atoms with Gasteiger partial charge in [-0.2, -0.15) is 4.39 Å². The molecule has 0 spiro atoms. The van der Waals surface area contributed by atoms with Crippen molar-refractivity contribution >= 4 is 0 Å². The third-order valence-electron chi connectivity index (χ3n) is 6.77. The summed E-state index contributed by atoms with van der Waals surface area (Å²) in [5, 5.41) is 0. The van der Waals surface area contributed by atoms with Gasteiger partial charge < -0.3 is 4.74 Å². The minimum atomic E-state index is -1.06. The fraction of sp³-hybridized carbons (Fsp3) is 0.333. The Labute approximate surface area is 204 Å². The number of halogens is 4. The van der Waals surface area contributed by atoms with E-state index in [9.17, 15) is 17.6 Å². The van der Waals surface area contributed by atoms with Crippen molar-refractivity contribution in [2.24, 2.45) is 11.8 Å². The molecule has 0 atom stereocenters. The summed E-state index contributed by atoms with van der Waals surface area (Å²) in [7, 11) is 0. The molecule has 3 aromatic rings. The Morgan fingerprint density at radius 1 is 0.714 bits per heavy atom. The van der Waals surface area contributed by atoms with Crippen LogP contribution >= 0.6 is 0 Å². The van der Waals surface area contributed by atoms with Gasteiger partial charge in [0, 0.05) is 17.0 Å². The van der Waals surface area contributed by atoms with Crippen LogP contribution in [-0.2, 0) is 0 Å². The SMILES string of the molecule is CCOc1ccc(-c2ccc(-c3ccc(C#CC4CCC(CC)CC4)c(F)c3F)cc2)c(F)c1F. The van der Waals surface area contributed by atoms with Crippen LogP contribution < -0.4 is 4.74 Å². The molecular weight excluding hydrogens is 452 g/mol. The number of rotatable bonds is 5. The summed E-state index contributed by atoms with van der Waals surface area (Å²) in [4.78, 5) is 0. The number of ether oxygens (including phenoxy) is 1. The molecule has 3 aromatic carbocycles. The summed E-state index contributed by atoms with van der Waals surface area (Å²) in [6.45, 7) is 4.10. The first-order chi connectivity index (χ1) is 16.9. The quantitative estimate of drug-likeness (QED) is 0.263. The predicted octanol–water partition coefficient (Wildman–Crippen LogP) is 8.54. The Bertz CT molecular complexity index is 1250. The maximum atomic E-state index is 14.9. The lowest BCUT2D eigenvalue weighted by molar-refractivity contribution is 0.309. The molecule has 0 bridgehead atoms. The molecule has 1 saturated carbocycles. The van der Waals surface area contributed by atoms with Crippen molar-refractivity contribution in [3.63, 3.8) is 0 Å². The van der Waals surface area contributed by atoms with Gasteiger partial charge in [0.25, 0.3) is 0 Å². The molecule has 4 rings (SSSR count). The highest BCUT2D eigenvalue weighted by atomic mass is 19.2. The zero-order valence-electron chi connectivity index (χ0n) is 19.9. The minimum absolute atomic E-state index is 0.0485. The third kappa shape index (κ3) is 5.37. The molecule has 0 radical (unpaired) electrons. The summed E-state index contributed by atoms with van der Waals surface area (Å²) in [6, 6.07) is 12.0. The van der Waals surface area contributed by atoms with E-state index in [0.717, 1.165) is 31.6 Å². The Hall–Kier alpha value is -3.26. The first-order valence-electron chi connectivity index (χ1n) is 12.1. The average Bonchev–Trinajstić information content (AvgIpc) is 2.88. The van der Waals surface area contributed by atoms with Crippen molar-refractivity contribution in [2.45, 2.75) is 46.0 Å². The Balaban J connectivity index is 1.54. The summed E-state index contributed by atoms with van der Waals surface area (Å²) in [5.74, 6) is 2.76. The molecule has 1 nitrogen and oxygen atoms in total. The molecule has 0 amide bonds. The van der Waals surface area contributed by atoms with E-state index in [1.807, 2.05) is 0 Å². The van der Waals surface area contributed by atoms with E-state index in [2.05, 4.69) is 18.8 Å². The van der Waals surface area contributed by atoms with Crippen LogP contribution in [0, 0.1) is 46.9 Å². The molecule has 1 aliphatic rings. The van der Waals surface area contributed by atoms with Crippen LogP contribution in [0.15, 0.2) is 48.5 Å². The number of hydrogen-bond donors (Lipinski definition) is 0. The fourth-order valence-corrected chi connectivity index (χ4v) is 4.61. The standard InChI is InChI=1S/C30H28F4O/c1-3-19-5-7-20(8-6-19)9-10-23-15-16-24(28(32)27(23)31)21-11-13-22(14-12-21)25-17-18-26(35-4-2)30(34)29(25)33/h11-20H,3-8H2,1-2H3. The second-order valence-electron chi connectivity index (χ2n) is 8.93. The maximum absolute atomic E-state index is 14.9. The van der Waals surface area contributed by atoms with Crippen molar-refractivity contribution < 1.29 is 22.3 Å². The molecule has 35 heavy (non-hydrogen) atoms. The van der Waals surface area contributed by atoms with Crippen molar-refractivity contribution in [1.29, 1.82) is 0 Å². The van der Waals surface area contributed by atoms with Crippen LogP contribution in [0.2, 0.25) is 0 Å². The molecule has 0 saturated heterocycles. The zero-order chi connectivity index (χ0) is 24.9. The summed E-state index contributed by atoms with van der Waals surface area (Å²) >= 11 is 0. The van der Waals surface area contributed by atoms with E-state index >= 15 is 0 Å². The molecule has 182 valence electrons. The Morgan fingerprint density at radius 3 is 1.86 bits per heavy atom. The Morgan fingerprint density at radius 2 is 1.29 bits per heavy atom. The van der Waals surface area contributed by atoms with Gasteiger partial charge in [-0.25, -0.2) is 13.2 Å². The van der Waals surface area contributed by atoms with E-state index in [1.54, 1.807) is 31.2 Å². The number of benzene rings is 3. The molecule has 0 heterocycles. The van der Waals surface area contributed by atoms with Gasteiger partial charge in [-0.15, -0.1) is 0 Å². The van der Waals surface area contributed by atoms with Gasteiger partial charge in [0.2, 0.25) is 5.82 Å². The van der Waals surface area contributed by atoms with Gasteiger partial charge in [-0.3, -0.25) is 0 Å². The molecule has 5 heteroatoms. The van der Waals surface area contributed by atoms with Gasteiger partial charge in [-0.1, -0.05) is 49.5 Å². The lowest BCUT2D eigenvalue weighted by Crippen LogP contribution is -2.12. The van der Waals surface area contributed by atoms with E-state index in [-0.39, 0.29) is 35.0 Å². The topological polar surface area (TPSA) is 9.23 Å². The fourth-order valence-electron chi connectivity index (χ4n) is 4.61. The number of hydrogen-bond acceptors (Lipinski definition) is 1. The van der Waals surface area contributed by atoms with Crippen LogP contribution in [-0.4, -0.2) is 6.61 Å². The predicted molar refractivity (Wildman–Crippen MR) is 131 cm³/mol. The second-order valence-corrected chi connectivity index (χ2v) is 8.93. The monoisotopic (exact) mass is 480 g/mol. The van der Waals surface area contributed by atoms with Crippen LogP contribution in [0.5, 0.6) is 5.75 Å². The van der Waals surface area contributed by atoms with E-state index in [1.165, 1.54) is 30.7 Å². The molecule has 0 N–H and O–H groups in total. The van der Waals surface area contributed by atoms with Gasteiger partial charge >= 0.3 is 0 Å². The zero-order valence-corrected chi connectivity index (χ0v) is 19.9. The van der Waals surface area contributed by atoms with Gasteiger partial charge in [0.05, 0.1) is 12.2 Å². The highest BCUT2D eigenvalue weighted by molar-refractivity contribution is 5.72. The smallest absolute Gasteiger partial charge is 0.201 e. The van der Waals surface area contributed by atoms with E-state index < -0.39 is 23.3 Å². The van der Waals surface area contributed by atoms with Gasteiger partial charge in [-0.05, 0) is 73.9 Å². The van der Waals surface area contributed by atoms with Gasteiger partial charge in [0.1, 0.15) is 0 Å². The Kier molecular flexibility index (Phi) is 7.80. The minimum Gasteiger partial charge on any atom is -0.491 e. The lowest BCUT2D eigenvalue weighted by atomic mass is 9.81. The molecule has 0 aromatic heterocycles. The van der Waals surface area contributed by atoms with Crippen LogP contribution in [0.1, 0.15) is 51.5 Å². The maximum Gasteiger partial charge on any atom is 0.201 e. The first-order valence-corrected chi connectivity index (χ1v) is 12.1. The van der Waals surface area contributed by atoms with Crippen molar-refractivity contribution in [2.75, 3.05) is 6.61 Å².